The highest BCUT2D eigenvalue weighted by Crippen LogP contribution is 2.45. The third kappa shape index (κ3) is 2.05. The van der Waals surface area contributed by atoms with Crippen molar-refractivity contribution in [1.29, 1.82) is 0 Å². The van der Waals surface area contributed by atoms with Crippen LogP contribution in [0.1, 0.15) is 61.1 Å². The van der Waals surface area contributed by atoms with E-state index in [1.807, 2.05) is 19.1 Å². The molecule has 1 aromatic carbocycles. The first-order chi connectivity index (χ1) is 10.5. The van der Waals surface area contributed by atoms with Gasteiger partial charge in [0.1, 0.15) is 0 Å². The predicted octanol–water partition coefficient (Wildman–Crippen LogP) is 3.83. The number of aromatic amines is 1. The molecule has 1 atom stereocenters. The number of hydrogen-bond donors (Lipinski definition) is 2. The number of fused-ring (bicyclic) bond motifs is 3. The largest absolute Gasteiger partial charge is 0.481 e. The molecule has 0 radical (unpaired) electrons. The number of Topliss-reactive ketones (excluding diaryl/α,β-unsaturated/α-hetero) is 1. The first-order valence-electron chi connectivity index (χ1n) is 7.91. The predicted molar refractivity (Wildman–Crippen MR) is 85.5 cm³/mol. The van der Waals surface area contributed by atoms with Crippen molar-refractivity contribution in [2.75, 3.05) is 0 Å². The van der Waals surface area contributed by atoms with Crippen molar-refractivity contribution in [1.82, 2.24) is 4.98 Å². The van der Waals surface area contributed by atoms with Gasteiger partial charge < -0.3 is 10.1 Å². The average molecular weight is 299 g/mol. The highest BCUT2D eigenvalue weighted by atomic mass is 16.4. The number of benzene rings is 1. The number of ketones is 1. The number of hydrogen-bond acceptors (Lipinski definition) is 2. The van der Waals surface area contributed by atoms with Gasteiger partial charge in [-0.1, -0.05) is 32.0 Å². The summed E-state index contributed by atoms with van der Waals surface area (Å²) in [6, 6.07) is 6.00. The number of carbonyl (C=O) groups excluding carboxylic acids is 1. The maximum atomic E-state index is 12.5. The Kier molecular flexibility index (Phi) is 3.55. The van der Waals surface area contributed by atoms with Crippen LogP contribution in [0.25, 0.3) is 10.9 Å². The summed E-state index contributed by atoms with van der Waals surface area (Å²) < 4.78 is 0. The van der Waals surface area contributed by atoms with Crippen LogP contribution in [0.5, 0.6) is 0 Å². The molecule has 1 aliphatic rings. The summed E-state index contributed by atoms with van der Waals surface area (Å²) in [5.74, 6) is -0.680. The van der Waals surface area contributed by atoms with E-state index in [-0.39, 0.29) is 12.2 Å². The Morgan fingerprint density at radius 1 is 1.36 bits per heavy atom. The molecule has 1 heterocycles. The number of carboxylic acid groups (broad SMARTS) is 1. The van der Waals surface area contributed by atoms with Crippen LogP contribution in [0, 0.1) is 0 Å². The molecular weight excluding hydrogens is 278 g/mol. The van der Waals surface area contributed by atoms with E-state index in [1.165, 1.54) is 5.56 Å². The monoisotopic (exact) mass is 299 g/mol. The molecule has 4 nitrogen and oxygen atoms in total. The molecule has 0 fully saturated rings. The molecule has 0 saturated heterocycles. The van der Waals surface area contributed by atoms with Crippen LogP contribution >= 0.6 is 0 Å². The molecular formula is C18H21NO3. The van der Waals surface area contributed by atoms with Gasteiger partial charge in [-0.05, 0) is 24.8 Å². The zero-order valence-electron chi connectivity index (χ0n) is 13.0. The molecule has 0 spiro atoms. The van der Waals surface area contributed by atoms with Crippen molar-refractivity contribution in [3.63, 3.8) is 0 Å². The molecule has 1 unspecified atom stereocenters. The van der Waals surface area contributed by atoms with E-state index in [4.69, 9.17) is 0 Å². The average Bonchev–Trinajstić information content (AvgIpc) is 2.90. The van der Waals surface area contributed by atoms with E-state index in [1.54, 1.807) is 0 Å². The number of aryl methyl sites for hydroxylation is 1. The topological polar surface area (TPSA) is 70.2 Å². The van der Waals surface area contributed by atoms with Gasteiger partial charge in [0.15, 0.2) is 5.78 Å². The molecule has 22 heavy (non-hydrogen) atoms. The second kappa shape index (κ2) is 5.27. The number of carbonyl (C=O) groups is 2. The summed E-state index contributed by atoms with van der Waals surface area (Å²) in [6.45, 7) is 4.09. The SMILES string of the molecule is CCc1cccc2c3c([nH]c12)C(CC)(CC(=O)O)CCC3=O. The van der Waals surface area contributed by atoms with E-state index in [0.29, 0.717) is 19.3 Å². The smallest absolute Gasteiger partial charge is 0.304 e. The molecule has 116 valence electrons. The lowest BCUT2D eigenvalue weighted by Crippen LogP contribution is -2.35. The number of para-hydroxylation sites is 1. The van der Waals surface area contributed by atoms with Gasteiger partial charge in [0, 0.05) is 34.0 Å². The van der Waals surface area contributed by atoms with Gasteiger partial charge in [0.2, 0.25) is 0 Å². The molecule has 2 aromatic rings. The number of aliphatic carboxylic acids is 1. The quantitative estimate of drug-likeness (QED) is 0.901. The Hall–Kier alpha value is -2.10. The van der Waals surface area contributed by atoms with Crippen LogP contribution in [-0.4, -0.2) is 21.8 Å². The number of aromatic nitrogens is 1. The molecule has 0 saturated carbocycles. The van der Waals surface area contributed by atoms with E-state index in [2.05, 4.69) is 18.0 Å². The summed E-state index contributed by atoms with van der Waals surface area (Å²) in [6.07, 6.45) is 2.70. The maximum absolute atomic E-state index is 12.5. The second-order valence-electron chi connectivity index (χ2n) is 6.20. The van der Waals surface area contributed by atoms with E-state index < -0.39 is 11.4 Å². The lowest BCUT2D eigenvalue weighted by molar-refractivity contribution is -0.138. The highest BCUT2D eigenvalue weighted by Gasteiger charge is 2.42. The van der Waals surface area contributed by atoms with Crippen molar-refractivity contribution in [3.05, 3.63) is 35.0 Å². The summed E-state index contributed by atoms with van der Waals surface area (Å²) in [4.78, 5) is 27.3. The third-order valence-corrected chi connectivity index (χ3v) is 5.11. The Morgan fingerprint density at radius 3 is 2.77 bits per heavy atom. The number of carboxylic acids is 1. The van der Waals surface area contributed by atoms with Crippen LogP contribution in [0.15, 0.2) is 18.2 Å². The molecule has 2 N–H and O–H groups in total. The minimum atomic E-state index is -0.809. The van der Waals surface area contributed by atoms with E-state index >= 15 is 0 Å². The first kappa shape index (κ1) is 14.8. The molecule has 1 aromatic heterocycles. The van der Waals surface area contributed by atoms with Gasteiger partial charge in [0.05, 0.1) is 6.42 Å². The highest BCUT2D eigenvalue weighted by molar-refractivity contribution is 6.11. The van der Waals surface area contributed by atoms with Crippen molar-refractivity contribution >= 4 is 22.7 Å². The van der Waals surface area contributed by atoms with Gasteiger partial charge in [-0.3, -0.25) is 9.59 Å². The minimum absolute atomic E-state index is 0.0675. The second-order valence-corrected chi connectivity index (χ2v) is 6.20. The summed E-state index contributed by atoms with van der Waals surface area (Å²) in [7, 11) is 0. The minimum Gasteiger partial charge on any atom is -0.481 e. The fraction of sp³-hybridized carbons (Fsp3) is 0.444. The summed E-state index contributed by atoms with van der Waals surface area (Å²) in [5.41, 5.74) is 3.26. The fourth-order valence-electron chi connectivity index (χ4n) is 3.81. The summed E-state index contributed by atoms with van der Waals surface area (Å²) in [5, 5.41) is 10.3. The van der Waals surface area contributed by atoms with Gasteiger partial charge >= 0.3 is 5.97 Å². The molecule has 0 bridgehead atoms. The lowest BCUT2D eigenvalue weighted by atomic mass is 9.69. The molecule has 0 amide bonds. The fourth-order valence-corrected chi connectivity index (χ4v) is 3.81. The number of rotatable bonds is 4. The van der Waals surface area contributed by atoms with E-state index in [0.717, 1.165) is 28.6 Å². The van der Waals surface area contributed by atoms with Crippen LogP contribution in [0.4, 0.5) is 0 Å². The zero-order valence-corrected chi connectivity index (χ0v) is 13.0. The molecule has 4 heteroatoms. The van der Waals surface area contributed by atoms with Gasteiger partial charge in [-0.2, -0.15) is 0 Å². The molecule has 0 aliphatic heterocycles. The Bertz CT molecular complexity index is 759. The molecule has 1 aliphatic carbocycles. The van der Waals surface area contributed by atoms with Crippen molar-refractivity contribution in [2.45, 2.75) is 51.4 Å². The Morgan fingerprint density at radius 2 is 2.14 bits per heavy atom. The van der Waals surface area contributed by atoms with Gasteiger partial charge in [0.25, 0.3) is 0 Å². The van der Waals surface area contributed by atoms with E-state index in [9.17, 15) is 14.7 Å². The van der Waals surface area contributed by atoms with Crippen LogP contribution < -0.4 is 0 Å². The summed E-state index contributed by atoms with van der Waals surface area (Å²) >= 11 is 0. The Balaban J connectivity index is 2.31. The zero-order chi connectivity index (χ0) is 15.9. The number of nitrogens with one attached hydrogen (secondary N) is 1. The maximum Gasteiger partial charge on any atom is 0.304 e. The lowest BCUT2D eigenvalue weighted by Gasteiger charge is -2.34. The van der Waals surface area contributed by atoms with Crippen LogP contribution in [0.3, 0.4) is 0 Å². The van der Waals surface area contributed by atoms with Gasteiger partial charge in [-0.25, -0.2) is 0 Å². The van der Waals surface area contributed by atoms with Crippen LogP contribution in [-0.2, 0) is 16.6 Å². The Labute approximate surface area is 129 Å². The van der Waals surface area contributed by atoms with Gasteiger partial charge in [-0.15, -0.1) is 0 Å². The first-order valence-corrected chi connectivity index (χ1v) is 7.91. The molecule has 3 rings (SSSR count). The number of H-pyrrole nitrogens is 1. The third-order valence-electron chi connectivity index (χ3n) is 5.11. The van der Waals surface area contributed by atoms with Crippen LogP contribution in [0.2, 0.25) is 0 Å². The van der Waals surface area contributed by atoms with Crippen molar-refractivity contribution in [2.24, 2.45) is 0 Å². The van der Waals surface area contributed by atoms with Crippen molar-refractivity contribution < 1.29 is 14.7 Å². The standard InChI is InChI=1S/C18H21NO3/c1-3-11-6-5-7-12-15-13(20)8-9-18(4-2,10-14(21)22)17(15)19-16(11)12/h5-7,19H,3-4,8-10H2,1-2H3,(H,21,22). The van der Waals surface area contributed by atoms with Crippen molar-refractivity contribution in [3.8, 4) is 0 Å². The normalized spacial score (nSPS) is 21.1.